The topological polar surface area (TPSA) is 95.6 Å². The Morgan fingerprint density at radius 2 is 1.58 bits per heavy atom. The van der Waals surface area contributed by atoms with Crippen molar-refractivity contribution >= 4 is 23.6 Å². The van der Waals surface area contributed by atoms with Gasteiger partial charge in [-0.25, -0.2) is 0 Å². The third kappa shape index (κ3) is 3.61. The second-order valence-electron chi connectivity index (χ2n) is 6.00. The molecule has 0 aromatic heterocycles. The van der Waals surface area contributed by atoms with E-state index in [1.165, 1.54) is 0 Å². The van der Waals surface area contributed by atoms with Crippen molar-refractivity contribution in [2.75, 3.05) is 13.1 Å². The fraction of sp³-hybridized carbons (Fsp3) is 0.412. The van der Waals surface area contributed by atoms with Crippen molar-refractivity contribution in [3.05, 3.63) is 35.4 Å². The van der Waals surface area contributed by atoms with Crippen LogP contribution in [0.4, 0.5) is 0 Å². The second-order valence-corrected chi connectivity index (χ2v) is 6.00. The Balaban J connectivity index is 1.40. The minimum Gasteiger partial charge on any atom is -0.354 e. The Morgan fingerprint density at radius 3 is 2.17 bits per heavy atom. The summed E-state index contributed by atoms with van der Waals surface area (Å²) in [6.07, 6.45) is 2.27. The summed E-state index contributed by atoms with van der Waals surface area (Å²) in [5.74, 6) is -1.06. The number of fused-ring (bicyclic) bond motifs is 1. The maximum absolute atomic E-state index is 12.1. The van der Waals surface area contributed by atoms with Crippen LogP contribution in [0.3, 0.4) is 0 Å². The van der Waals surface area contributed by atoms with Gasteiger partial charge in [0.25, 0.3) is 11.8 Å². The molecule has 0 atom stereocenters. The molecular weight excluding hydrogens is 310 g/mol. The van der Waals surface area contributed by atoms with Crippen molar-refractivity contribution < 1.29 is 19.2 Å². The van der Waals surface area contributed by atoms with E-state index in [0.29, 0.717) is 11.1 Å². The van der Waals surface area contributed by atoms with Crippen LogP contribution in [0, 0.1) is 0 Å². The number of nitrogens with zero attached hydrogens (tertiary/aromatic N) is 1. The molecule has 4 amide bonds. The SMILES string of the molecule is O=C(CCC(=O)NC1CC1)NCCN1C(=O)c2ccccc2C1=O. The Kier molecular flexibility index (Phi) is 4.59. The zero-order chi connectivity index (χ0) is 17.1. The number of carbonyl (C=O) groups is 4. The van der Waals surface area contributed by atoms with E-state index in [9.17, 15) is 19.2 Å². The molecule has 0 spiro atoms. The number of hydrogen-bond acceptors (Lipinski definition) is 4. The standard InChI is InChI=1S/C17H19N3O4/c21-14(7-8-15(22)19-11-5-6-11)18-9-10-20-16(23)12-3-1-2-4-13(12)17(20)24/h1-4,11H,5-10H2,(H,18,21)(H,19,22). The van der Waals surface area contributed by atoms with E-state index in [2.05, 4.69) is 10.6 Å². The molecule has 1 aliphatic heterocycles. The molecule has 1 aliphatic carbocycles. The van der Waals surface area contributed by atoms with E-state index in [0.717, 1.165) is 17.7 Å². The molecule has 24 heavy (non-hydrogen) atoms. The maximum Gasteiger partial charge on any atom is 0.261 e. The van der Waals surface area contributed by atoms with Gasteiger partial charge < -0.3 is 10.6 Å². The number of hydrogen-bond donors (Lipinski definition) is 2. The predicted octanol–water partition coefficient (Wildman–Crippen LogP) is 0.458. The van der Waals surface area contributed by atoms with Gasteiger partial charge in [0.1, 0.15) is 0 Å². The molecule has 1 heterocycles. The van der Waals surface area contributed by atoms with Crippen LogP contribution in [0.15, 0.2) is 24.3 Å². The largest absolute Gasteiger partial charge is 0.354 e. The Hall–Kier alpha value is -2.70. The average Bonchev–Trinajstić information content (AvgIpc) is 3.36. The van der Waals surface area contributed by atoms with Crippen LogP contribution in [-0.4, -0.2) is 47.7 Å². The fourth-order valence-electron chi connectivity index (χ4n) is 2.59. The highest BCUT2D eigenvalue weighted by Crippen LogP contribution is 2.21. The second kappa shape index (κ2) is 6.82. The molecule has 126 valence electrons. The van der Waals surface area contributed by atoms with Crippen LogP contribution < -0.4 is 10.6 Å². The lowest BCUT2D eigenvalue weighted by Crippen LogP contribution is -2.38. The van der Waals surface area contributed by atoms with Gasteiger partial charge in [-0.1, -0.05) is 12.1 Å². The van der Waals surface area contributed by atoms with Gasteiger partial charge in [-0.15, -0.1) is 0 Å². The van der Waals surface area contributed by atoms with Gasteiger partial charge in [-0.2, -0.15) is 0 Å². The minimum atomic E-state index is -0.339. The molecule has 1 aromatic rings. The first kappa shape index (κ1) is 16.2. The van der Waals surface area contributed by atoms with E-state index in [4.69, 9.17) is 0 Å². The molecule has 3 rings (SSSR count). The number of amides is 4. The van der Waals surface area contributed by atoms with Gasteiger partial charge in [0.2, 0.25) is 11.8 Å². The monoisotopic (exact) mass is 329 g/mol. The van der Waals surface area contributed by atoms with Crippen LogP contribution in [0.5, 0.6) is 0 Å². The van der Waals surface area contributed by atoms with Crippen LogP contribution in [0.25, 0.3) is 0 Å². The normalized spacial score (nSPS) is 16.1. The molecule has 0 unspecified atom stereocenters. The molecule has 7 nitrogen and oxygen atoms in total. The van der Waals surface area contributed by atoms with Crippen LogP contribution in [0.1, 0.15) is 46.4 Å². The first-order valence-corrected chi connectivity index (χ1v) is 8.07. The molecule has 1 saturated carbocycles. The summed E-state index contributed by atoms with van der Waals surface area (Å²) in [7, 11) is 0. The van der Waals surface area contributed by atoms with Gasteiger partial charge in [0.15, 0.2) is 0 Å². The fourth-order valence-corrected chi connectivity index (χ4v) is 2.59. The maximum atomic E-state index is 12.1. The summed E-state index contributed by atoms with van der Waals surface area (Å²) in [5.41, 5.74) is 0.788. The van der Waals surface area contributed by atoms with Crippen molar-refractivity contribution in [3.63, 3.8) is 0 Å². The molecule has 2 aliphatic rings. The molecule has 1 aromatic carbocycles. The number of benzene rings is 1. The first-order chi connectivity index (χ1) is 11.6. The van der Waals surface area contributed by atoms with Crippen molar-refractivity contribution in [2.45, 2.75) is 31.7 Å². The lowest BCUT2D eigenvalue weighted by Gasteiger charge is -2.14. The van der Waals surface area contributed by atoms with Gasteiger partial charge >= 0.3 is 0 Å². The van der Waals surface area contributed by atoms with E-state index < -0.39 is 0 Å². The highest BCUT2D eigenvalue weighted by Gasteiger charge is 2.34. The van der Waals surface area contributed by atoms with Crippen molar-refractivity contribution in [1.29, 1.82) is 0 Å². The van der Waals surface area contributed by atoms with E-state index in [1.807, 2.05) is 0 Å². The summed E-state index contributed by atoms with van der Waals surface area (Å²) in [6.45, 7) is 0.293. The minimum absolute atomic E-state index is 0.0979. The lowest BCUT2D eigenvalue weighted by molar-refractivity contribution is -0.126. The number of carbonyl (C=O) groups excluding carboxylic acids is 4. The summed E-state index contributed by atoms with van der Waals surface area (Å²) >= 11 is 0. The molecule has 0 radical (unpaired) electrons. The molecule has 1 fully saturated rings. The average molecular weight is 329 g/mol. The molecule has 7 heteroatoms. The van der Waals surface area contributed by atoms with Crippen LogP contribution in [-0.2, 0) is 9.59 Å². The zero-order valence-electron chi connectivity index (χ0n) is 13.2. The van der Waals surface area contributed by atoms with E-state index >= 15 is 0 Å². The Labute approximate surface area is 139 Å². The van der Waals surface area contributed by atoms with Gasteiger partial charge in [-0.05, 0) is 25.0 Å². The zero-order valence-corrected chi connectivity index (χ0v) is 13.2. The Morgan fingerprint density at radius 1 is 1.00 bits per heavy atom. The molecular formula is C17H19N3O4. The van der Waals surface area contributed by atoms with Gasteiger partial charge in [0.05, 0.1) is 11.1 Å². The van der Waals surface area contributed by atoms with Crippen LogP contribution in [0.2, 0.25) is 0 Å². The highest BCUT2D eigenvalue weighted by molar-refractivity contribution is 6.21. The smallest absolute Gasteiger partial charge is 0.261 e. The van der Waals surface area contributed by atoms with E-state index in [1.54, 1.807) is 24.3 Å². The Bertz CT molecular complexity index is 662. The third-order valence-electron chi connectivity index (χ3n) is 4.06. The molecule has 2 N–H and O–H groups in total. The molecule has 0 bridgehead atoms. The summed E-state index contributed by atoms with van der Waals surface area (Å²) in [6, 6.07) is 6.94. The summed E-state index contributed by atoms with van der Waals surface area (Å²) in [5, 5.41) is 5.45. The summed E-state index contributed by atoms with van der Waals surface area (Å²) < 4.78 is 0. The quantitative estimate of drug-likeness (QED) is 0.710. The number of nitrogens with one attached hydrogen (secondary N) is 2. The van der Waals surface area contributed by atoms with Crippen molar-refractivity contribution in [1.82, 2.24) is 15.5 Å². The predicted molar refractivity (Wildman–Crippen MR) is 85.2 cm³/mol. The van der Waals surface area contributed by atoms with Crippen LogP contribution >= 0.6 is 0 Å². The number of imide groups is 1. The summed E-state index contributed by atoms with van der Waals surface area (Å²) in [4.78, 5) is 48.7. The van der Waals surface area contributed by atoms with Crippen molar-refractivity contribution in [3.8, 4) is 0 Å². The third-order valence-corrected chi connectivity index (χ3v) is 4.06. The molecule has 0 saturated heterocycles. The lowest BCUT2D eigenvalue weighted by atomic mass is 10.1. The van der Waals surface area contributed by atoms with E-state index in [-0.39, 0.29) is 55.6 Å². The first-order valence-electron chi connectivity index (χ1n) is 8.07. The van der Waals surface area contributed by atoms with Gasteiger partial charge in [0, 0.05) is 32.0 Å². The highest BCUT2D eigenvalue weighted by atomic mass is 16.2. The van der Waals surface area contributed by atoms with Crippen molar-refractivity contribution in [2.24, 2.45) is 0 Å². The van der Waals surface area contributed by atoms with Gasteiger partial charge in [-0.3, -0.25) is 24.1 Å². The number of rotatable bonds is 7.